The Morgan fingerprint density at radius 2 is 1.93 bits per heavy atom. The summed E-state index contributed by atoms with van der Waals surface area (Å²) in [5, 5.41) is 9.40. The maximum absolute atomic E-state index is 11.9. The van der Waals surface area contributed by atoms with Crippen LogP contribution in [0.5, 0.6) is 5.75 Å². The van der Waals surface area contributed by atoms with E-state index in [9.17, 15) is 4.79 Å². The molecule has 8 heteroatoms. The van der Waals surface area contributed by atoms with Crippen molar-refractivity contribution in [3.63, 3.8) is 0 Å². The molecule has 1 aromatic rings. The van der Waals surface area contributed by atoms with E-state index >= 15 is 0 Å². The lowest BCUT2D eigenvalue weighted by molar-refractivity contribution is -0.119. The highest BCUT2D eigenvalue weighted by molar-refractivity contribution is 5.84. The van der Waals surface area contributed by atoms with E-state index in [1.165, 1.54) is 12.8 Å². The number of likely N-dealkylation sites (tertiary alicyclic amines) is 1. The molecule has 1 aromatic carbocycles. The summed E-state index contributed by atoms with van der Waals surface area (Å²) in [5.74, 6) is 1.40. The van der Waals surface area contributed by atoms with Gasteiger partial charge in [-0.05, 0) is 38.9 Å². The zero-order valence-electron chi connectivity index (χ0n) is 17.9. The lowest BCUT2D eigenvalue weighted by atomic mass is 10.0. The molecule has 1 fully saturated rings. The average molecular weight is 406 g/mol. The lowest BCUT2D eigenvalue weighted by Crippen LogP contribution is -2.43. The van der Waals surface area contributed by atoms with Gasteiger partial charge in [-0.1, -0.05) is 18.2 Å². The topological polar surface area (TPSA) is 87.2 Å². The zero-order chi connectivity index (χ0) is 20.9. The standard InChI is InChI=1S/C21H35N5O3/c1-4-22-21(25-16-20(27)23-11-14-28-2)24-15-18(26-12-7-8-13-26)17-9-5-6-10-19(17)29-3/h5-6,9-10,18H,4,7-8,11-16H2,1-3H3,(H,23,27)(H2,22,24,25). The number of guanidine groups is 1. The molecule has 1 saturated heterocycles. The van der Waals surface area contributed by atoms with Crippen molar-refractivity contribution in [2.45, 2.75) is 25.8 Å². The molecule has 1 unspecified atom stereocenters. The summed E-state index contributed by atoms with van der Waals surface area (Å²) in [7, 11) is 3.32. The van der Waals surface area contributed by atoms with Gasteiger partial charge in [0, 0.05) is 32.3 Å². The van der Waals surface area contributed by atoms with Crippen LogP contribution in [-0.4, -0.2) is 76.9 Å². The second-order valence-corrected chi connectivity index (χ2v) is 6.92. The SMILES string of the molecule is CCNC(=NCC(=O)NCCOC)NCC(c1ccccc1OC)N1CCCC1. The summed E-state index contributed by atoms with van der Waals surface area (Å²) in [6, 6.07) is 8.33. The first-order chi connectivity index (χ1) is 14.2. The normalized spacial score (nSPS) is 15.8. The molecule has 0 aromatic heterocycles. The van der Waals surface area contributed by atoms with Crippen LogP contribution in [0.15, 0.2) is 29.3 Å². The molecule has 1 aliphatic rings. The number of carbonyl (C=O) groups excluding carboxylic acids is 1. The zero-order valence-corrected chi connectivity index (χ0v) is 17.9. The van der Waals surface area contributed by atoms with Crippen LogP contribution in [0.3, 0.4) is 0 Å². The van der Waals surface area contributed by atoms with Crippen LogP contribution >= 0.6 is 0 Å². The summed E-state index contributed by atoms with van der Waals surface area (Å²) in [4.78, 5) is 18.8. The Balaban J connectivity index is 2.04. The number of nitrogens with zero attached hydrogens (tertiary/aromatic N) is 2. The van der Waals surface area contributed by atoms with Crippen molar-refractivity contribution in [2.75, 3.05) is 60.1 Å². The van der Waals surface area contributed by atoms with E-state index in [1.54, 1.807) is 14.2 Å². The van der Waals surface area contributed by atoms with Crippen molar-refractivity contribution in [3.05, 3.63) is 29.8 Å². The molecule has 1 aliphatic heterocycles. The van der Waals surface area contributed by atoms with Crippen LogP contribution in [-0.2, 0) is 9.53 Å². The quantitative estimate of drug-likeness (QED) is 0.291. The fourth-order valence-electron chi connectivity index (χ4n) is 3.47. The van der Waals surface area contributed by atoms with E-state index in [2.05, 4.69) is 31.9 Å². The molecule has 1 atom stereocenters. The molecule has 0 aliphatic carbocycles. The van der Waals surface area contributed by atoms with Crippen molar-refractivity contribution in [1.82, 2.24) is 20.9 Å². The van der Waals surface area contributed by atoms with Crippen molar-refractivity contribution in [2.24, 2.45) is 4.99 Å². The number of benzene rings is 1. The Hall–Kier alpha value is -2.32. The molecule has 1 heterocycles. The fourth-order valence-corrected chi connectivity index (χ4v) is 3.47. The molecule has 29 heavy (non-hydrogen) atoms. The van der Waals surface area contributed by atoms with Gasteiger partial charge in [-0.25, -0.2) is 4.99 Å². The third kappa shape index (κ3) is 7.55. The Bertz CT molecular complexity index is 647. The number of hydrogen-bond acceptors (Lipinski definition) is 5. The van der Waals surface area contributed by atoms with Gasteiger partial charge >= 0.3 is 0 Å². The van der Waals surface area contributed by atoms with Gasteiger partial charge in [0.15, 0.2) is 5.96 Å². The number of ether oxygens (including phenoxy) is 2. The molecule has 0 spiro atoms. The summed E-state index contributed by atoms with van der Waals surface area (Å²) >= 11 is 0. The van der Waals surface area contributed by atoms with Gasteiger partial charge in [-0.2, -0.15) is 0 Å². The molecule has 3 N–H and O–H groups in total. The number of para-hydroxylation sites is 1. The van der Waals surface area contributed by atoms with Crippen LogP contribution in [0.25, 0.3) is 0 Å². The minimum atomic E-state index is -0.125. The largest absolute Gasteiger partial charge is 0.496 e. The third-order valence-electron chi connectivity index (χ3n) is 4.90. The Morgan fingerprint density at radius 1 is 1.17 bits per heavy atom. The lowest BCUT2D eigenvalue weighted by Gasteiger charge is -2.30. The number of carbonyl (C=O) groups is 1. The Labute approximate surface area is 174 Å². The number of hydrogen-bond donors (Lipinski definition) is 3. The predicted molar refractivity (Wildman–Crippen MR) is 115 cm³/mol. The van der Waals surface area contributed by atoms with Crippen LogP contribution in [0.4, 0.5) is 0 Å². The van der Waals surface area contributed by atoms with Crippen molar-refractivity contribution in [1.29, 1.82) is 0 Å². The summed E-state index contributed by atoms with van der Waals surface area (Å²) < 4.78 is 10.5. The highest BCUT2D eigenvalue weighted by Gasteiger charge is 2.26. The number of rotatable bonds is 11. The van der Waals surface area contributed by atoms with Gasteiger partial charge in [0.25, 0.3) is 0 Å². The van der Waals surface area contributed by atoms with E-state index in [-0.39, 0.29) is 18.5 Å². The minimum absolute atomic E-state index is 0.0715. The van der Waals surface area contributed by atoms with E-state index in [0.717, 1.165) is 30.9 Å². The maximum Gasteiger partial charge on any atom is 0.241 e. The first kappa shape index (κ1) is 23.0. The molecule has 8 nitrogen and oxygen atoms in total. The van der Waals surface area contributed by atoms with Crippen molar-refractivity contribution >= 4 is 11.9 Å². The van der Waals surface area contributed by atoms with Crippen LogP contribution in [0, 0.1) is 0 Å². The van der Waals surface area contributed by atoms with Crippen molar-refractivity contribution < 1.29 is 14.3 Å². The second-order valence-electron chi connectivity index (χ2n) is 6.92. The molecule has 0 saturated carbocycles. The van der Waals surface area contributed by atoms with Gasteiger partial charge < -0.3 is 25.4 Å². The first-order valence-corrected chi connectivity index (χ1v) is 10.3. The molecule has 2 rings (SSSR count). The predicted octanol–water partition coefficient (Wildman–Crippen LogP) is 1.15. The van der Waals surface area contributed by atoms with Crippen LogP contribution in [0.2, 0.25) is 0 Å². The molecule has 0 radical (unpaired) electrons. The van der Waals surface area contributed by atoms with Gasteiger partial charge in [0.05, 0.1) is 19.8 Å². The summed E-state index contributed by atoms with van der Waals surface area (Å²) in [6.07, 6.45) is 2.42. The average Bonchev–Trinajstić information content (AvgIpc) is 3.27. The Morgan fingerprint density at radius 3 is 2.62 bits per heavy atom. The molecular weight excluding hydrogens is 370 g/mol. The van der Waals surface area contributed by atoms with E-state index in [0.29, 0.717) is 25.7 Å². The third-order valence-corrected chi connectivity index (χ3v) is 4.90. The van der Waals surface area contributed by atoms with Gasteiger partial charge in [-0.3, -0.25) is 9.69 Å². The fraction of sp³-hybridized carbons (Fsp3) is 0.619. The smallest absolute Gasteiger partial charge is 0.241 e. The molecule has 0 bridgehead atoms. The highest BCUT2D eigenvalue weighted by Crippen LogP contribution is 2.31. The van der Waals surface area contributed by atoms with E-state index in [1.807, 2.05) is 25.1 Å². The van der Waals surface area contributed by atoms with Gasteiger partial charge in [0.2, 0.25) is 5.91 Å². The number of methoxy groups -OCH3 is 2. The van der Waals surface area contributed by atoms with Crippen LogP contribution in [0.1, 0.15) is 31.4 Å². The van der Waals surface area contributed by atoms with E-state index < -0.39 is 0 Å². The number of nitrogens with one attached hydrogen (secondary N) is 3. The van der Waals surface area contributed by atoms with Gasteiger partial charge in [0.1, 0.15) is 12.3 Å². The molecule has 162 valence electrons. The second kappa shape index (κ2) is 13.0. The molecular formula is C21H35N5O3. The monoisotopic (exact) mass is 405 g/mol. The Kier molecular flexibility index (Phi) is 10.3. The summed E-state index contributed by atoms with van der Waals surface area (Å²) in [6.45, 7) is 6.59. The number of aliphatic imine (C=N–C) groups is 1. The summed E-state index contributed by atoms with van der Waals surface area (Å²) in [5.41, 5.74) is 1.16. The van der Waals surface area contributed by atoms with Crippen molar-refractivity contribution in [3.8, 4) is 5.75 Å². The first-order valence-electron chi connectivity index (χ1n) is 10.3. The van der Waals surface area contributed by atoms with Crippen LogP contribution < -0.4 is 20.7 Å². The maximum atomic E-state index is 11.9. The number of amides is 1. The van der Waals surface area contributed by atoms with Gasteiger partial charge in [-0.15, -0.1) is 0 Å². The van der Waals surface area contributed by atoms with E-state index in [4.69, 9.17) is 9.47 Å². The minimum Gasteiger partial charge on any atom is -0.496 e. The molecule has 1 amide bonds. The highest BCUT2D eigenvalue weighted by atomic mass is 16.5.